The molecule has 1 saturated carbocycles. The minimum Gasteiger partial charge on any atom is -0.444 e. The third kappa shape index (κ3) is 17.2. The second kappa shape index (κ2) is 25.1. The average Bonchev–Trinajstić information content (AvgIpc) is 3.69. The van der Waals surface area contributed by atoms with Crippen LogP contribution in [0.1, 0.15) is 109 Å². The molecule has 2 fully saturated rings. The van der Waals surface area contributed by atoms with Crippen molar-refractivity contribution in [2.45, 2.75) is 145 Å². The number of alkyl carbamates (subject to hydrolysis) is 1. The molecule has 1 heterocycles. The number of fused-ring (bicyclic) bond motifs is 1. The molecule has 1 saturated heterocycles. The number of halogens is 2. The van der Waals surface area contributed by atoms with Gasteiger partial charge in [-0.1, -0.05) is 86.3 Å². The van der Waals surface area contributed by atoms with Crippen LogP contribution in [0.25, 0.3) is 0 Å². The van der Waals surface area contributed by atoms with Crippen molar-refractivity contribution in [2.75, 3.05) is 27.2 Å². The monoisotopic (exact) mass is 839 g/mol. The van der Waals surface area contributed by atoms with E-state index in [-0.39, 0.29) is 24.3 Å². The molecule has 0 spiro atoms. The van der Waals surface area contributed by atoms with Crippen molar-refractivity contribution in [1.82, 2.24) is 31.1 Å². The number of amides is 6. The number of Topliss-reactive ketones (excluding diaryl/α,β-unsaturated/α-hetero) is 1. The minimum absolute atomic E-state index is 0.0773. The molecule has 59 heavy (non-hydrogen) atoms. The Morgan fingerprint density at radius 3 is 2.00 bits per heavy atom. The maximum absolute atomic E-state index is 14.3. The van der Waals surface area contributed by atoms with Crippen LogP contribution in [0.3, 0.4) is 0 Å². The van der Waals surface area contributed by atoms with Crippen LogP contribution in [0.5, 0.6) is 0 Å². The molecular formula is C43H72F2N6O8. The van der Waals surface area contributed by atoms with Crippen LogP contribution in [0.2, 0.25) is 0 Å². The highest BCUT2D eigenvalue weighted by atomic mass is 19.3. The zero-order valence-corrected chi connectivity index (χ0v) is 37.8. The van der Waals surface area contributed by atoms with Gasteiger partial charge in [-0.05, 0) is 75.7 Å². The second-order valence-corrected chi connectivity index (χ2v) is 16.6. The first-order valence-corrected chi connectivity index (χ1v) is 20.6. The predicted molar refractivity (Wildman–Crippen MR) is 225 cm³/mol. The van der Waals surface area contributed by atoms with Crippen LogP contribution < -0.4 is 21.3 Å². The van der Waals surface area contributed by atoms with E-state index in [2.05, 4.69) is 27.8 Å². The number of carbonyl (C=O) groups excluding carboxylic acids is 7. The van der Waals surface area contributed by atoms with Crippen molar-refractivity contribution in [1.29, 1.82) is 0 Å². The van der Waals surface area contributed by atoms with Crippen molar-refractivity contribution in [3.05, 3.63) is 36.5 Å². The molecule has 5 unspecified atom stereocenters. The summed E-state index contributed by atoms with van der Waals surface area (Å²) in [6, 6.07) is -5.12. The molecule has 14 nitrogen and oxygen atoms in total. The summed E-state index contributed by atoms with van der Waals surface area (Å²) in [5.74, 6) is -5.45. The molecule has 0 aromatic heterocycles. The van der Waals surface area contributed by atoms with Gasteiger partial charge in [0.1, 0.15) is 23.7 Å². The maximum atomic E-state index is 14.3. The molecule has 2 rings (SSSR count). The number of ether oxygens (including phenoxy) is 1. The lowest BCUT2D eigenvalue weighted by Crippen LogP contribution is -2.60. The van der Waals surface area contributed by atoms with Crippen LogP contribution >= 0.6 is 0 Å². The van der Waals surface area contributed by atoms with Gasteiger partial charge in [0.2, 0.25) is 35.8 Å². The normalized spacial score (nSPS) is 20.4. The van der Waals surface area contributed by atoms with E-state index in [9.17, 15) is 42.3 Å². The van der Waals surface area contributed by atoms with Crippen molar-refractivity contribution >= 4 is 41.4 Å². The summed E-state index contributed by atoms with van der Waals surface area (Å²) in [5.41, 5.74) is -1.31. The van der Waals surface area contributed by atoms with Gasteiger partial charge in [0.25, 0.3) is 5.91 Å². The summed E-state index contributed by atoms with van der Waals surface area (Å²) in [7, 11) is 2.98. The molecule has 0 bridgehead atoms. The van der Waals surface area contributed by atoms with E-state index in [0.29, 0.717) is 12.0 Å². The largest absolute Gasteiger partial charge is 0.444 e. The zero-order valence-electron chi connectivity index (χ0n) is 37.8. The van der Waals surface area contributed by atoms with E-state index in [1.54, 1.807) is 66.7 Å². The number of carbonyl (C=O) groups is 7. The molecule has 7 atom stereocenters. The molecule has 2 aliphatic rings. The van der Waals surface area contributed by atoms with Gasteiger partial charge in [-0.25, -0.2) is 13.6 Å². The van der Waals surface area contributed by atoms with Crippen LogP contribution in [0.4, 0.5) is 13.6 Å². The number of likely N-dealkylation sites (N-methyl/N-ethyl adjacent to an activating group) is 1. The topological polar surface area (TPSA) is 183 Å². The molecule has 336 valence electrons. The Morgan fingerprint density at radius 1 is 0.915 bits per heavy atom. The number of ketones is 1. The smallest absolute Gasteiger partial charge is 0.408 e. The van der Waals surface area contributed by atoms with E-state index >= 15 is 0 Å². The summed E-state index contributed by atoms with van der Waals surface area (Å²) < 4.78 is 32.3. The molecule has 1 aliphatic carbocycles. The van der Waals surface area contributed by atoms with Gasteiger partial charge in [-0.2, -0.15) is 0 Å². The molecule has 16 heteroatoms. The second-order valence-electron chi connectivity index (χ2n) is 16.6. The molecule has 1 aliphatic heterocycles. The number of likely N-dealkylation sites (tertiary alicyclic amines) is 1. The number of nitrogens with one attached hydrogen (secondary N) is 4. The Labute approximate surface area is 350 Å². The van der Waals surface area contributed by atoms with E-state index in [4.69, 9.17) is 4.74 Å². The van der Waals surface area contributed by atoms with Gasteiger partial charge in [0.05, 0.1) is 12.6 Å². The van der Waals surface area contributed by atoms with Gasteiger partial charge >= 0.3 is 6.09 Å². The Bertz CT molecular complexity index is 1520. The summed E-state index contributed by atoms with van der Waals surface area (Å²) in [4.78, 5) is 96.1. The summed E-state index contributed by atoms with van der Waals surface area (Å²) in [6.07, 6.45) is 2.49. The lowest BCUT2D eigenvalue weighted by Gasteiger charge is -2.37. The Morgan fingerprint density at radius 2 is 1.51 bits per heavy atom. The SMILES string of the molecule is C=C/C(=C\C=C/C)C(NC(=O)CNC(=O)C(=O)C(CCC(F)F)NC(=O)C1[C@H]2CC(C)C[C@H]2CN1C(=O)C(NC(=O)OC(C)(C)C)C(C)(C)C)C(=O)N(C)C.CC.CC. The van der Waals surface area contributed by atoms with Crippen LogP contribution in [-0.2, 0) is 33.5 Å². The molecule has 0 aromatic carbocycles. The Hall–Kier alpha value is -4.63. The van der Waals surface area contributed by atoms with Gasteiger partial charge in [0.15, 0.2) is 0 Å². The molecule has 0 aromatic rings. The van der Waals surface area contributed by atoms with Crippen LogP contribution in [0.15, 0.2) is 36.5 Å². The first-order valence-electron chi connectivity index (χ1n) is 20.6. The summed E-state index contributed by atoms with van der Waals surface area (Å²) in [6.45, 7) is 25.2. The molecule has 4 N–H and O–H groups in total. The third-order valence-corrected chi connectivity index (χ3v) is 9.47. The average molecular weight is 839 g/mol. The third-order valence-electron chi connectivity index (χ3n) is 9.47. The standard InChI is InChI=1S/C39H60F2N6O8.2C2H6/c1-12-14-15-23(13-2)29(35(52)46(10)11)44-28(48)20-42-34(51)31(49)26(16-17-27(40)41)43-33(50)30-25-19-22(3)18-24(25)21-47(30)36(53)32(38(4,5)6)45-37(54)55-39(7,8)9;2*1-2/h12-15,22,24-27,29-30,32H,2,16-21H2,1,3-11H3,(H,42,51)(H,43,50)(H,44,48)(H,45,54);2*1-2H3/b14-12-,23-15+;;/t22?,24-,25-,26?,29?,30?,32?;;/m0../s1. The zero-order chi connectivity index (χ0) is 46.0. The minimum atomic E-state index is -2.86. The summed E-state index contributed by atoms with van der Waals surface area (Å²) >= 11 is 0. The number of hydrogen-bond donors (Lipinski definition) is 4. The van der Waals surface area contributed by atoms with E-state index < -0.39 is 102 Å². The van der Waals surface area contributed by atoms with Crippen molar-refractivity contribution < 1.29 is 47.1 Å². The fourth-order valence-corrected chi connectivity index (χ4v) is 6.91. The fraction of sp³-hybridized carbons (Fsp3) is 0.698. The van der Waals surface area contributed by atoms with Gasteiger partial charge in [-0.15, -0.1) is 0 Å². The lowest BCUT2D eigenvalue weighted by atomic mass is 9.85. The number of nitrogens with zero attached hydrogens (tertiary/aromatic N) is 2. The van der Waals surface area contributed by atoms with Crippen molar-refractivity contribution in [3.8, 4) is 0 Å². The van der Waals surface area contributed by atoms with E-state index in [0.717, 1.165) is 6.42 Å². The van der Waals surface area contributed by atoms with Crippen LogP contribution in [0, 0.1) is 23.2 Å². The molecular weight excluding hydrogens is 767 g/mol. The molecule has 6 amide bonds. The quantitative estimate of drug-likeness (QED) is 0.119. The van der Waals surface area contributed by atoms with E-state index in [1.165, 1.54) is 30.0 Å². The van der Waals surface area contributed by atoms with Crippen molar-refractivity contribution in [2.24, 2.45) is 23.2 Å². The lowest BCUT2D eigenvalue weighted by molar-refractivity contribution is -0.145. The Balaban J connectivity index is 0.00000814. The van der Waals surface area contributed by atoms with Crippen molar-refractivity contribution in [3.63, 3.8) is 0 Å². The highest BCUT2D eigenvalue weighted by molar-refractivity contribution is 6.38. The fourth-order valence-electron chi connectivity index (χ4n) is 6.91. The Kier molecular flexibility index (Phi) is 23.1. The highest BCUT2D eigenvalue weighted by Gasteiger charge is 2.53. The number of hydrogen-bond acceptors (Lipinski definition) is 8. The first-order chi connectivity index (χ1) is 27.4. The number of alkyl halides is 2. The van der Waals surface area contributed by atoms with Gasteiger partial charge in [0, 0.05) is 27.1 Å². The molecule has 0 radical (unpaired) electrons. The van der Waals surface area contributed by atoms with Gasteiger partial charge < -0.3 is 35.8 Å². The van der Waals surface area contributed by atoms with Crippen LogP contribution in [-0.4, -0.2) is 115 Å². The number of allylic oxidation sites excluding steroid dienone is 3. The van der Waals surface area contributed by atoms with E-state index in [1.807, 2.05) is 34.6 Å². The summed E-state index contributed by atoms with van der Waals surface area (Å²) in [5, 5.41) is 9.80. The predicted octanol–water partition coefficient (Wildman–Crippen LogP) is 5.33. The maximum Gasteiger partial charge on any atom is 0.408 e. The number of rotatable bonds is 16. The highest BCUT2D eigenvalue weighted by Crippen LogP contribution is 2.45. The first kappa shape index (κ1) is 54.4. The van der Waals surface area contributed by atoms with Gasteiger partial charge in [-0.3, -0.25) is 28.8 Å².